The summed E-state index contributed by atoms with van der Waals surface area (Å²) in [6.07, 6.45) is 3.16. The highest BCUT2D eigenvalue weighted by Gasteiger charge is 2.14. The van der Waals surface area contributed by atoms with Crippen molar-refractivity contribution in [2.24, 2.45) is 0 Å². The number of hydrogen-bond acceptors (Lipinski definition) is 3. The van der Waals surface area contributed by atoms with Gasteiger partial charge in [-0.1, -0.05) is 30.3 Å². The van der Waals surface area contributed by atoms with Gasteiger partial charge in [0.25, 0.3) is 0 Å². The first kappa shape index (κ1) is 11.4. The summed E-state index contributed by atoms with van der Waals surface area (Å²) in [5.74, 6) is 0. The quantitative estimate of drug-likeness (QED) is 0.757. The lowest BCUT2D eigenvalue weighted by Crippen LogP contribution is -1.95. The van der Waals surface area contributed by atoms with Gasteiger partial charge in [-0.15, -0.1) is 11.3 Å². The van der Waals surface area contributed by atoms with Crippen LogP contribution in [-0.4, -0.2) is 10.1 Å². The molecule has 1 aromatic carbocycles. The largest absolute Gasteiger partial charge is 0.383 e. The average Bonchev–Trinajstić information content (AvgIpc) is 2.84. The number of aryl methyl sites for hydroxylation is 1. The summed E-state index contributed by atoms with van der Waals surface area (Å²) in [7, 11) is 0. The summed E-state index contributed by atoms with van der Waals surface area (Å²) in [5, 5.41) is 11.6. The maximum atomic E-state index is 10.4. The molecule has 0 aliphatic rings. The third kappa shape index (κ3) is 1.92. The minimum atomic E-state index is -0.553. The molecule has 3 aromatic rings. The van der Waals surface area contributed by atoms with E-state index in [2.05, 4.69) is 11.1 Å². The predicted octanol–water partition coefficient (Wildman–Crippen LogP) is 3.69. The van der Waals surface area contributed by atoms with E-state index in [1.54, 1.807) is 11.3 Å². The van der Waals surface area contributed by atoms with E-state index in [0.29, 0.717) is 0 Å². The zero-order chi connectivity index (χ0) is 12.5. The van der Waals surface area contributed by atoms with Crippen molar-refractivity contribution in [1.82, 2.24) is 4.98 Å². The van der Waals surface area contributed by atoms with Crippen LogP contribution in [0.15, 0.2) is 48.8 Å². The molecular formula is C15H13NOS. The highest BCUT2D eigenvalue weighted by atomic mass is 32.1. The Hall–Kier alpha value is -1.71. The van der Waals surface area contributed by atoms with E-state index in [1.807, 2.05) is 49.6 Å². The molecule has 3 rings (SSSR count). The molecule has 1 N–H and O–H groups in total. The lowest BCUT2D eigenvalue weighted by atomic mass is 10.1. The molecule has 90 valence electrons. The lowest BCUT2D eigenvalue weighted by molar-refractivity contribution is 0.224. The molecule has 0 radical (unpaired) electrons. The van der Waals surface area contributed by atoms with Crippen molar-refractivity contribution in [3.63, 3.8) is 0 Å². The second kappa shape index (κ2) is 4.52. The number of rotatable bonds is 2. The number of pyridine rings is 1. The maximum Gasteiger partial charge on any atom is 0.113 e. The molecule has 1 unspecified atom stereocenters. The number of thiophene rings is 1. The van der Waals surface area contributed by atoms with Crippen molar-refractivity contribution in [2.75, 3.05) is 0 Å². The van der Waals surface area contributed by atoms with Gasteiger partial charge in [-0.05, 0) is 29.5 Å². The smallest absolute Gasteiger partial charge is 0.113 e. The second-order valence-electron chi connectivity index (χ2n) is 4.33. The molecule has 2 heterocycles. The van der Waals surface area contributed by atoms with Crippen molar-refractivity contribution >= 4 is 21.4 Å². The Morgan fingerprint density at radius 1 is 1.17 bits per heavy atom. The number of benzene rings is 1. The average molecular weight is 255 g/mol. The molecule has 0 aliphatic carbocycles. The van der Waals surface area contributed by atoms with Gasteiger partial charge < -0.3 is 5.11 Å². The van der Waals surface area contributed by atoms with Gasteiger partial charge in [0.1, 0.15) is 6.10 Å². The van der Waals surface area contributed by atoms with E-state index in [1.165, 1.54) is 5.39 Å². The van der Waals surface area contributed by atoms with Crippen LogP contribution in [0.3, 0.4) is 0 Å². The zero-order valence-corrected chi connectivity index (χ0v) is 10.8. The van der Waals surface area contributed by atoms with E-state index < -0.39 is 6.10 Å². The predicted molar refractivity (Wildman–Crippen MR) is 74.9 cm³/mol. The molecule has 0 fully saturated rings. The van der Waals surface area contributed by atoms with E-state index in [4.69, 9.17) is 0 Å². The Morgan fingerprint density at radius 2 is 1.94 bits per heavy atom. The zero-order valence-electron chi connectivity index (χ0n) is 10.00. The fraction of sp³-hybridized carbons (Fsp3) is 0.133. The Bertz CT molecular complexity index is 675. The standard InChI is InChI=1S/C15H13NOS/c1-10-8-16-9-14-12(10)7-13(18-14)15(17)11-5-3-2-4-6-11/h2-9,15,17H,1H3. The van der Waals surface area contributed by atoms with Gasteiger partial charge in [-0.25, -0.2) is 0 Å². The Kier molecular flexibility index (Phi) is 2.86. The molecule has 0 aliphatic heterocycles. The van der Waals surface area contributed by atoms with Gasteiger partial charge in [0.05, 0.1) is 4.70 Å². The van der Waals surface area contributed by atoms with Gasteiger partial charge in [0, 0.05) is 17.3 Å². The van der Waals surface area contributed by atoms with Crippen LogP contribution in [0.2, 0.25) is 0 Å². The molecular weight excluding hydrogens is 242 g/mol. The third-order valence-corrected chi connectivity index (χ3v) is 4.17. The molecule has 2 aromatic heterocycles. The lowest BCUT2D eigenvalue weighted by Gasteiger charge is -2.07. The van der Waals surface area contributed by atoms with Gasteiger partial charge >= 0.3 is 0 Å². The topological polar surface area (TPSA) is 33.1 Å². The van der Waals surface area contributed by atoms with Gasteiger partial charge in [0.15, 0.2) is 0 Å². The summed E-state index contributed by atoms with van der Waals surface area (Å²) in [4.78, 5) is 5.15. The fourth-order valence-corrected chi connectivity index (χ4v) is 3.17. The first-order chi connectivity index (χ1) is 8.75. The number of hydrogen-bond donors (Lipinski definition) is 1. The minimum absolute atomic E-state index is 0.553. The van der Waals surface area contributed by atoms with Crippen LogP contribution in [0.1, 0.15) is 22.1 Å². The first-order valence-corrected chi connectivity index (χ1v) is 6.64. The number of aromatic nitrogens is 1. The van der Waals surface area contributed by atoms with Crippen LogP contribution in [0.4, 0.5) is 0 Å². The van der Waals surface area contributed by atoms with Crippen LogP contribution >= 0.6 is 11.3 Å². The van der Waals surface area contributed by atoms with Crippen molar-refractivity contribution in [3.8, 4) is 0 Å². The molecule has 0 saturated heterocycles. The summed E-state index contributed by atoms with van der Waals surface area (Å²) in [6, 6.07) is 11.8. The monoisotopic (exact) mass is 255 g/mol. The second-order valence-corrected chi connectivity index (χ2v) is 5.45. The van der Waals surface area contributed by atoms with Crippen LogP contribution < -0.4 is 0 Å². The van der Waals surface area contributed by atoms with Gasteiger partial charge in [-0.2, -0.15) is 0 Å². The highest BCUT2D eigenvalue weighted by Crippen LogP contribution is 2.33. The highest BCUT2D eigenvalue weighted by molar-refractivity contribution is 7.19. The number of aliphatic hydroxyl groups excluding tert-OH is 1. The van der Waals surface area contributed by atoms with E-state index in [9.17, 15) is 5.11 Å². The number of aliphatic hydroxyl groups is 1. The molecule has 0 saturated carbocycles. The molecule has 0 amide bonds. The summed E-state index contributed by atoms with van der Waals surface area (Å²) in [6.45, 7) is 2.04. The molecule has 2 nitrogen and oxygen atoms in total. The minimum Gasteiger partial charge on any atom is -0.383 e. The molecule has 1 atom stereocenters. The summed E-state index contributed by atoms with van der Waals surface area (Å²) in [5.41, 5.74) is 2.07. The molecule has 0 bridgehead atoms. The fourth-order valence-electron chi connectivity index (χ4n) is 2.05. The normalized spacial score (nSPS) is 12.8. The van der Waals surface area contributed by atoms with Crippen LogP contribution in [-0.2, 0) is 0 Å². The van der Waals surface area contributed by atoms with E-state index in [0.717, 1.165) is 20.7 Å². The van der Waals surface area contributed by atoms with Crippen molar-refractivity contribution in [1.29, 1.82) is 0 Å². The van der Waals surface area contributed by atoms with Gasteiger partial charge in [0.2, 0.25) is 0 Å². The van der Waals surface area contributed by atoms with E-state index in [-0.39, 0.29) is 0 Å². The Balaban J connectivity index is 2.07. The Labute approximate surface area is 110 Å². The van der Waals surface area contributed by atoms with Gasteiger partial charge in [-0.3, -0.25) is 4.98 Å². The maximum absolute atomic E-state index is 10.4. The van der Waals surface area contributed by atoms with Crippen molar-refractivity contribution < 1.29 is 5.11 Å². The van der Waals surface area contributed by atoms with Crippen LogP contribution in [0.5, 0.6) is 0 Å². The Morgan fingerprint density at radius 3 is 2.67 bits per heavy atom. The molecule has 18 heavy (non-hydrogen) atoms. The van der Waals surface area contributed by atoms with Crippen molar-refractivity contribution in [3.05, 3.63) is 64.8 Å². The number of fused-ring (bicyclic) bond motifs is 1. The molecule has 3 heteroatoms. The van der Waals surface area contributed by atoms with E-state index >= 15 is 0 Å². The van der Waals surface area contributed by atoms with Crippen molar-refractivity contribution in [2.45, 2.75) is 13.0 Å². The van der Waals surface area contributed by atoms with Crippen LogP contribution in [0.25, 0.3) is 10.1 Å². The van der Waals surface area contributed by atoms with Crippen LogP contribution in [0, 0.1) is 6.92 Å². The SMILES string of the molecule is Cc1cncc2sc(C(O)c3ccccc3)cc12. The summed E-state index contributed by atoms with van der Waals surface area (Å²) >= 11 is 1.60. The third-order valence-electron chi connectivity index (χ3n) is 3.05. The number of nitrogens with zero attached hydrogens (tertiary/aromatic N) is 1. The first-order valence-electron chi connectivity index (χ1n) is 5.83. The summed E-state index contributed by atoms with van der Waals surface area (Å²) < 4.78 is 1.12. The molecule has 0 spiro atoms.